The minimum atomic E-state index is 0.975. The van der Waals surface area contributed by atoms with Crippen molar-refractivity contribution in [3.63, 3.8) is 0 Å². The van der Waals surface area contributed by atoms with Crippen molar-refractivity contribution < 1.29 is 0 Å². The molecule has 0 unspecified atom stereocenters. The molecule has 2 nitrogen and oxygen atoms in total. The summed E-state index contributed by atoms with van der Waals surface area (Å²) in [6, 6.07) is 4.17. The van der Waals surface area contributed by atoms with Crippen molar-refractivity contribution in [2.45, 2.75) is 6.92 Å². The number of allylic oxidation sites excluding steroid dienone is 1. The van der Waals surface area contributed by atoms with Gasteiger partial charge >= 0.3 is 0 Å². The second kappa shape index (κ2) is 2.51. The number of nitrogens with zero attached hydrogens (tertiary/aromatic N) is 2. The van der Waals surface area contributed by atoms with Gasteiger partial charge in [0.25, 0.3) is 0 Å². The maximum atomic E-state index is 3.96. The van der Waals surface area contributed by atoms with Crippen LogP contribution in [0.2, 0.25) is 0 Å². The standard InChI is InChI=1S/C8H7N2S/c1-6-2-3-8(11-6)7-4-5-9-10-7/h2-5H,1H3. The molecule has 2 heterocycles. The van der Waals surface area contributed by atoms with E-state index < -0.39 is 0 Å². The van der Waals surface area contributed by atoms with Gasteiger partial charge in [0.05, 0.1) is 11.1 Å². The highest BCUT2D eigenvalue weighted by molar-refractivity contribution is 7.14. The molecule has 0 saturated heterocycles. The van der Waals surface area contributed by atoms with Gasteiger partial charge in [-0.2, -0.15) is 5.43 Å². The van der Waals surface area contributed by atoms with Gasteiger partial charge in [-0.1, -0.05) is 0 Å². The van der Waals surface area contributed by atoms with E-state index >= 15 is 0 Å². The molecule has 0 atom stereocenters. The Morgan fingerprint density at radius 2 is 2.27 bits per heavy atom. The van der Waals surface area contributed by atoms with Crippen molar-refractivity contribution in [2.24, 2.45) is 5.10 Å². The predicted molar refractivity (Wildman–Crippen MR) is 46.9 cm³/mol. The Labute approximate surface area is 69.3 Å². The SMILES string of the molecule is Cc1ccc(C2=N[N]C=C2)s1. The smallest absolute Gasteiger partial charge is 0.104 e. The molecule has 0 saturated carbocycles. The first-order chi connectivity index (χ1) is 5.36. The molecule has 0 spiro atoms. The molecule has 1 aromatic rings. The molecule has 0 aliphatic carbocycles. The van der Waals surface area contributed by atoms with Gasteiger partial charge in [0.1, 0.15) is 5.71 Å². The summed E-state index contributed by atoms with van der Waals surface area (Å²) >= 11 is 1.74. The zero-order chi connectivity index (χ0) is 7.68. The van der Waals surface area contributed by atoms with Crippen LogP contribution in [0, 0.1) is 6.92 Å². The first-order valence-electron chi connectivity index (χ1n) is 3.37. The minimum Gasteiger partial charge on any atom is -0.158 e. The van der Waals surface area contributed by atoms with Gasteiger partial charge in [0.15, 0.2) is 0 Å². The van der Waals surface area contributed by atoms with Crippen LogP contribution in [0.4, 0.5) is 0 Å². The summed E-state index contributed by atoms with van der Waals surface area (Å²) in [6.45, 7) is 2.09. The number of hydrogen-bond donors (Lipinski definition) is 0. The maximum absolute atomic E-state index is 3.96. The van der Waals surface area contributed by atoms with Crippen LogP contribution < -0.4 is 5.43 Å². The Morgan fingerprint density at radius 3 is 2.82 bits per heavy atom. The predicted octanol–water partition coefficient (Wildman–Crippen LogP) is 1.89. The molecule has 1 aliphatic rings. The Hall–Kier alpha value is -1.09. The largest absolute Gasteiger partial charge is 0.158 e. The summed E-state index contributed by atoms with van der Waals surface area (Å²) in [7, 11) is 0. The fourth-order valence-corrected chi connectivity index (χ4v) is 1.77. The number of thiophene rings is 1. The summed E-state index contributed by atoms with van der Waals surface area (Å²) in [4.78, 5) is 2.50. The molecule has 0 fully saturated rings. The molecule has 1 radical (unpaired) electrons. The first-order valence-corrected chi connectivity index (χ1v) is 4.19. The highest BCUT2D eigenvalue weighted by Crippen LogP contribution is 2.17. The molecule has 0 aromatic carbocycles. The lowest BCUT2D eigenvalue weighted by Crippen LogP contribution is -1.88. The number of rotatable bonds is 1. The zero-order valence-electron chi connectivity index (χ0n) is 6.11. The van der Waals surface area contributed by atoms with Gasteiger partial charge in [-0.25, -0.2) is 0 Å². The average Bonchev–Trinajstić information content (AvgIpc) is 2.55. The first kappa shape index (κ1) is 6.61. The van der Waals surface area contributed by atoms with Gasteiger partial charge in [0, 0.05) is 4.88 Å². The van der Waals surface area contributed by atoms with Crippen LogP contribution in [0.5, 0.6) is 0 Å². The van der Waals surface area contributed by atoms with Gasteiger partial charge in [0.2, 0.25) is 0 Å². The third kappa shape index (κ3) is 1.19. The molecular weight excluding hydrogens is 156 g/mol. The summed E-state index contributed by atoms with van der Waals surface area (Å²) in [6.07, 6.45) is 3.63. The topological polar surface area (TPSA) is 26.5 Å². The van der Waals surface area contributed by atoms with Gasteiger partial charge in [-0.3, -0.25) is 0 Å². The summed E-state index contributed by atoms with van der Waals surface area (Å²) in [5, 5.41) is 3.96. The molecule has 11 heavy (non-hydrogen) atoms. The van der Waals surface area contributed by atoms with Crippen LogP contribution in [0.3, 0.4) is 0 Å². The average molecular weight is 163 g/mol. The molecule has 2 rings (SSSR count). The molecule has 55 valence electrons. The second-order valence-electron chi connectivity index (χ2n) is 2.33. The van der Waals surface area contributed by atoms with Gasteiger partial charge in [-0.15, -0.1) is 16.4 Å². The lowest BCUT2D eigenvalue weighted by Gasteiger charge is -1.87. The Kier molecular flexibility index (Phi) is 1.51. The highest BCUT2D eigenvalue weighted by atomic mass is 32.1. The van der Waals surface area contributed by atoms with E-state index in [4.69, 9.17) is 0 Å². The molecule has 3 heteroatoms. The summed E-state index contributed by atoms with van der Waals surface area (Å²) in [5.74, 6) is 0. The lowest BCUT2D eigenvalue weighted by atomic mass is 10.3. The van der Waals surface area contributed by atoms with Crippen molar-refractivity contribution >= 4 is 17.0 Å². The van der Waals surface area contributed by atoms with E-state index in [1.807, 2.05) is 6.08 Å². The number of aryl methyl sites for hydroxylation is 1. The summed E-state index contributed by atoms with van der Waals surface area (Å²) in [5.41, 5.74) is 4.74. The Balaban J connectivity index is 2.36. The molecular formula is C8H7N2S. The van der Waals surface area contributed by atoms with Crippen LogP contribution in [0.25, 0.3) is 0 Å². The van der Waals surface area contributed by atoms with Gasteiger partial charge < -0.3 is 0 Å². The highest BCUT2D eigenvalue weighted by Gasteiger charge is 2.05. The van der Waals surface area contributed by atoms with Crippen LogP contribution in [0.15, 0.2) is 29.5 Å². The third-order valence-electron chi connectivity index (χ3n) is 1.46. The Bertz CT molecular complexity index is 323. The van der Waals surface area contributed by atoms with E-state index in [1.165, 1.54) is 9.75 Å². The molecule has 0 bridgehead atoms. The van der Waals surface area contributed by atoms with E-state index in [0.717, 1.165) is 5.71 Å². The Morgan fingerprint density at radius 1 is 1.36 bits per heavy atom. The van der Waals surface area contributed by atoms with Crippen molar-refractivity contribution in [1.29, 1.82) is 0 Å². The quantitative estimate of drug-likeness (QED) is 0.604. The molecule has 0 amide bonds. The molecule has 0 N–H and O–H groups in total. The fourth-order valence-electron chi connectivity index (χ4n) is 0.936. The van der Waals surface area contributed by atoms with E-state index in [1.54, 1.807) is 17.5 Å². The van der Waals surface area contributed by atoms with Crippen LogP contribution >= 0.6 is 11.3 Å². The maximum Gasteiger partial charge on any atom is 0.104 e. The van der Waals surface area contributed by atoms with E-state index in [2.05, 4.69) is 29.6 Å². The molecule has 1 aromatic heterocycles. The van der Waals surface area contributed by atoms with E-state index in [9.17, 15) is 0 Å². The van der Waals surface area contributed by atoms with Crippen molar-refractivity contribution in [3.05, 3.63) is 34.2 Å². The normalized spacial score (nSPS) is 14.8. The lowest BCUT2D eigenvalue weighted by molar-refractivity contribution is 0.973. The molecule has 1 aliphatic heterocycles. The van der Waals surface area contributed by atoms with Crippen LogP contribution in [-0.2, 0) is 0 Å². The minimum absolute atomic E-state index is 0.975. The second-order valence-corrected chi connectivity index (χ2v) is 3.61. The van der Waals surface area contributed by atoms with Crippen molar-refractivity contribution in [2.75, 3.05) is 0 Å². The monoisotopic (exact) mass is 163 g/mol. The third-order valence-corrected chi connectivity index (χ3v) is 2.48. The van der Waals surface area contributed by atoms with Gasteiger partial charge in [-0.05, 0) is 25.1 Å². The number of hydrogen-bond acceptors (Lipinski definition) is 2. The van der Waals surface area contributed by atoms with Crippen LogP contribution in [0.1, 0.15) is 9.75 Å². The van der Waals surface area contributed by atoms with Crippen LogP contribution in [-0.4, -0.2) is 5.71 Å². The van der Waals surface area contributed by atoms with Crippen molar-refractivity contribution in [1.82, 2.24) is 5.43 Å². The zero-order valence-corrected chi connectivity index (χ0v) is 6.93. The fraction of sp³-hybridized carbons (Fsp3) is 0.125. The summed E-state index contributed by atoms with van der Waals surface area (Å²) < 4.78 is 0. The van der Waals surface area contributed by atoms with E-state index in [-0.39, 0.29) is 0 Å². The van der Waals surface area contributed by atoms with E-state index in [0.29, 0.717) is 0 Å². The van der Waals surface area contributed by atoms with Crippen molar-refractivity contribution in [3.8, 4) is 0 Å².